The van der Waals surface area contributed by atoms with E-state index >= 15 is 0 Å². The minimum Gasteiger partial charge on any atom is -0.388 e. The normalized spacial score (nSPS) is 52.6. The van der Waals surface area contributed by atoms with Crippen LogP contribution in [0.5, 0.6) is 0 Å². The third-order valence-electron chi connectivity index (χ3n) is 6.41. The van der Waals surface area contributed by atoms with Crippen LogP contribution in [0.15, 0.2) is 0 Å². The summed E-state index contributed by atoms with van der Waals surface area (Å²) in [6, 6.07) is 0. The average Bonchev–Trinajstić information content (AvgIpc) is 3.22. The number of ether oxygens (including phenoxy) is 2. The Morgan fingerprint density at radius 2 is 1.10 bits per heavy atom. The quantitative estimate of drug-likeness (QED) is 0.208. The maximum absolute atomic E-state index is 12.8. The molecule has 4 bridgehead atoms. The highest BCUT2D eigenvalue weighted by Crippen LogP contribution is 2.73. The topological polar surface area (TPSA) is 238 Å². The van der Waals surface area contributed by atoms with Gasteiger partial charge in [-0.15, -0.1) is 0 Å². The molecular weight excluding hydrogens is 450 g/mol. The molecule has 12 unspecified atom stereocenters. The first-order valence-electron chi connectivity index (χ1n) is 8.85. The molecule has 4 fully saturated rings. The predicted molar refractivity (Wildman–Crippen MR) is 93.8 cm³/mol. The lowest BCUT2D eigenvalue weighted by atomic mass is 9.47. The van der Waals surface area contributed by atoms with E-state index in [4.69, 9.17) is 30.0 Å². The molecule has 30 heavy (non-hydrogen) atoms. The number of carbonyl (C=O) groups excluding carboxylic acids is 2. The fraction of sp³-hybridized carbons (Fsp3) is 0.857. The number of carbonyl (C=O) groups is 2. The van der Waals surface area contributed by atoms with Crippen LogP contribution < -0.4 is 11.5 Å². The van der Waals surface area contributed by atoms with Crippen molar-refractivity contribution in [3.05, 3.63) is 0 Å². The highest BCUT2D eigenvalue weighted by molar-refractivity contribution is 7.52. The van der Waals surface area contributed by atoms with Crippen molar-refractivity contribution in [2.75, 3.05) is 13.3 Å². The fourth-order valence-corrected chi connectivity index (χ4v) is 7.12. The minimum atomic E-state index is -4.20. The molecule has 14 nitrogen and oxygen atoms in total. The number of rotatable bonds is 6. The average molecular weight is 472 g/mol. The molecule has 4 saturated heterocycles. The van der Waals surface area contributed by atoms with Gasteiger partial charge < -0.3 is 40.9 Å². The van der Waals surface area contributed by atoms with Crippen LogP contribution in [0.25, 0.3) is 0 Å². The smallest absolute Gasteiger partial charge is 0.325 e. The van der Waals surface area contributed by atoms with E-state index in [9.17, 15) is 38.7 Å². The summed E-state index contributed by atoms with van der Waals surface area (Å²) in [5.74, 6) is -2.38. The summed E-state index contributed by atoms with van der Waals surface area (Å²) in [4.78, 5) is 44.8. The van der Waals surface area contributed by atoms with E-state index < -0.39 is 86.7 Å². The Kier molecular flexibility index (Phi) is 4.69. The number of hydrogen-bond donors (Lipinski definition) is 6. The largest absolute Gasteiger partial charge is 0.388 e. The first kappa shape index (κ1) is 22.3. The highest BCUT2D eigenvalue weighted by Gasteiger charge is 2.92. The molecule has 0 aromatic carbocycles. The lowest BCUT2D eigenvalue weighted by molar-refractivity contribution is -0.175. The predicted octanol–water partition coefficient (Wildman–Crippen LogP) is -3.39. The van der Waals surface area contributed by atoms with Gasteiger partial charge >= 0.3 is 15.2 Å². The van der Waals surface area contributed by atoms with Crippen molar-refractivity contribution in [1.82, 2.24) is 0 Å². The van der Waals surface area contributed by atoms with Crippen molar-refractivity contribution in [2.24, 2.45) is 22.3 Å². The molecule has 0 aromatic rings. The van der Waals surface area contributed by atoms with Crippen LogP contribution in [-0.2, 0) is 37.2 Å². The summed E-state index contributed by atoms with van der Waals surface area (Å²) in [6.07, 6.45) is -12.9. The number of aliphatic hydroxyl groups is 2. The zero-order valence-corrected chi connectivity index (χ0v) is 17.5. The van der Waals surface area contributed by atoms with Crippen LogP contribution in [0.2, 0.25) is 0 Å². The van der Waals surface area contributed by atoms with Crippen LogP contribution in [0.1, 0.15) is 0 Å². The van der Waals surface area contributed by atoms with Crippen LogP contribution in [0.3, 0.4) is 0 Å². The van der Waals surface area contributed by atoms with E-state index in [0.717, 1.165) is 13.3 Å². The van der Waals surface area contributed by atoms with Gasteiger partial charge in [-0.2, -0.15) is 0 Å². The van der Waals surface area contributed by atoms with Gasteiger partial charge in [0.15, 0.2) is 0 Å². The summed E-state index contributed by atoms with van der Waals surface area (Å²) in [5.41, 5.74) is 6.90. The Labute approximate surface area is 169 Å². The SMILES string of the molecule is CP(=O)(O)OC1C(O)C2OC1C1(C(N)=O)C3OC(C(OP(C)(=O)O)C3O)C21C(N)=O. The molecule has 12 atom stereocenters. The Balaban J connectivity index is 1.90. The van der Waals surface area contributed by atoms with Gasteiger partial charge in [-0.05, 0) is 0 Å². The lowest BCUT2D eigenvalue weighted by Crippen LogP contribution is -2.76. The molecule has 0 aromatic heterocycles. The maximum Gasteiger partial charge on any atom is 0.325 e. The van der Waals surface area contributed by atoms with Crippen molar-refractivity contribution in [3.63, 3.8) is 0 Å². The zero-order chi connectivity index (χ0) is 22.6. The third-order valence-corrected chi connectivity index (χ3v) is 7.68. The van der Waals surface area contributed by atoms with E-state index in [-0.39, 0.29) is 0 Å². The van der Waals surface area contributed by atoms with Crippen LogP contribution in [-0.4, -0.2) is 94.0 Å². The van der Waals surface area contributed by atoms with Crippen molar-refractivity contribution < 1.29 is 57.2 Å². The molecule has 16 heteroatoms. The van der Waals surface area contributed by atoms with Crippen molar-refractivity contribution in [2.45, 2.75) is 48.8 Å². The number of fused-ring (bicyclic) bond motifs is 9. The van der Waals surface area contributed by atoms with Gasteiger partial charge in [0.1, 0.15) is 59.7 Å². The number of hydrogen-bond acceptors (Lipinski definition) is 10. The second-order valence-electron chi connectivity index (χ2n) is 8.15. The Morgan fingerprint density at radius 1 is 0.800 bits per heavy atom. The van der Waals surface area contributed by atoms with Gasteiger partial charge in [0, 0.05) is 13.3 Å². The molecule has 4 rings (SSSR count). The minimum absolute atomic E-state index is 0.847. The van der Waals surface area contributed by atoms with E-state index in [0.29, 0.717) is 0 Å². The van der Waals surface area contributed by atoms with Crippen LogP contribution in [0.4, 0.5) is 0 Å². The number of aliphatic hydroxyl groups excluding tert-OH is 2. The van der Waals surface area contributed by atoms with Gasteiger partial charge in [-0.1, -0.05) is 0 Å². The fourth-order valence-electron chi connectivity index (χ4n) is 5.74. The van der Waals surface area contributed by atoms with Crippen molar-refractivity contribution in [3.8, 4) is 0 Å². The molecule has 2 amide bonds. The van der Waals surface area contributed by atoms with E-state index in [1.165, 1.54) is 0 Å². The second-order valence-corrected chi connectivity index (χ2v) is 11.8. The number of amides is 2. The van der Waals surface area contributed by atoms with E-state index in [2.05, 4.69) is 0 Å². The molecule has 0 saturated carbocycles. The Bertz CT molecular complexity index is 831. The Morgan fingerprint density at radius 3 is 1.33 bits per heavy atom. The van der Waals surface area contributed by atoms with Crippen molar-refractivity contribution >= 4 is 27.0 Å². The molecule has 0 aliphatic carbocycles. The monoisotopic (exact) mass is 472 g/mol. The lowest BCUT2D eigenvalue weighted by Gasteiger charge is -2.52. The third kappa shape index (κ3) is 2.49. The standard InChI is InChI=1S/C14H22N2O12P2/c1-29(21,22)27-5-3(17)7-14(12(16)20)10-6(28-30(2,23)24)4(18)8(26-10)13(14,11(15)19)9(5)25-7/h3-10,17-18H,1-2H3,(H2,15,19)(H2,16,20)(H,21,22)(H,23,24). The summed E-state index contributed by atoms with van der Waals surface area (Å²) < 4.78 is 45.0. The van der Waals surface area contributed by atoms with Crippen molar-refractivity contribution in [1.29, 1.82) is 0 Å². The van der Waals surface area contributed by atoms with Gasteiger partial charge in [0.25, 0.3) is 0 Å². The first-order valence-corrected chi connectivity index (χ1v) is 12.9. The molecule has 170 valence electrons. The molecule has 4 heterocycles. The number of nitrogens with two attached hydrogens (primary N) is 2. The summed E-state index contributed by atoms with van der Waals surface area (Å²) in [5, 5.41) is 21.4. The summed E-state index contributed by atoms with van der Waals surface area (Å²) >= 11 is 0. The molecule has 4 aliphatic heterocycles. The summed E-state index contributed by atoms with van der Waals surface area (Å²) in [6.45, 7) is 1.69. The van der Waals surface area contributed by atoms with Gasteiger partial charge in [-0.25, -0.2) is 0 Å². The van der Waals surface area contributed by atoms with E-state index in [1.807, 2.05) is 0 Å². The first-order chi connectivity index (χ1) is 13.6. The highest BCUT2D eigenvalue weighted by atomic mass is 31.2. The van der Waals surface area contributed by atoms with Crippen LogP contribution in [0, 0.1) is 10.8 Å². The summed E-state index contributed by atoms with van der Waals surface area (Å²) in [7, 11) is -8.41. The maximum atomic E-state index is 12.8. The van der Waals surface area contributed by atoms with E-state index in [1.54, 1.807) is 0 Å². The van der Waals surface area contributed by atoms with Gasteiger partial charge in [0.05, 0.1) is 0 Å². The molecule has 0 radical (unpaired) electrons. The molecular formula is C14H22N2O12P2. The second kappa shape index (κ2) is 6.32. The Hall–Kier alpha value is -0.920. The molecule has 8 N–H and O–H groups in total. The number of primary amides is 2. The van der Waals surface area contributed by atoms with Gasteiger partial charge in [0.2, 0.25) is 11.8 Å². The molecule has 4 aliphatic rings. The zero-order valence-electron chi connectivity index (χ0n) is 15.7. The van der Waals surface area contributed by atoms with Crippen LogP contribution >= 0.6 is 15.2 Å². The molecule has 0 spiro atoms. The van der Waals surface area contributed by atoms with Gasteiger partial charge in [-0.3, -0.25) is 27.8 Å².